The van der Waals surface area contributed by atoms with E-state index >= 15 is 0 Å². The van der Waals surface area contributed by atoms with E-state index in [9.17, 15) is 4.79 Å². The Morgan fingerprint density at radius 1 is 1.07 bits per heavy atom. The van der Waals surface area contributed by atoms with Crippen molar-refractivity contribution in [1.29, 1.82) is 0 Å². The Hall–Kier alpha value is -2.53. The van der Waals surface area contributed by atoms with Gasteiger partial charge in [0.05, 0.1) is 13.2 Å². The Morgan fingerprint density at radius 2 is 1.86 bits per heavy atom. The first-order valence-electron chi connectivity index (χ1n) is 10.5. The fourth-order valence-electron chi connectivity index (χ4n) is 3.70. The summed E-state index contributed by atoms with van der Waals surface area (Å²) in [4.78, 5) is 14.4. The normalized spacial score (nSPS) is 14.2. The summed E-state index contributed by atoms with van der Waals surface area (Å²) >= 11 is 0. The lowest BCUT2D eigenvalue weighted by Gasteiger charge is -2.31. The van der Waals surface area contributed by atoms with Gasteiger partial charge in [-0.2, -0.15) is 0 Å². The molecule has 2 aromatic rings. The number of carbonyl (C=O) groups is 1. The lowest BCUT2D eigenvalue weighted by molar-refractivity contribution is -0.156. The van der Waals surface area contributed by atoms with Crippen LogP contribution in [-0.4, -0.2) is 45.0 Å². The summed E-state index contributed by atoms with van der Waals surface area (Å²) in [5.74, 6) is 0.527. The average molecular weight is 398 g/mol. The van der Waals surface area contributed by atoms with Gasteiger partial charge in [-0.3, -0.25) is 0 Å². The zero-order valence-electron chi connectivity index (χ0n) is 17.4. The van der Waals surface area contributed by atoms with Crippen molar-refractivity contribution in [2.45, 2.75) is 39.2 Å². The topological polar surface area (TPSA) is 48.0 Å². The van der Waals surface area contributed by atoms with Crippen LogP contribution in [0.3, 0.4) is 0 Å². The van der Waals surface area contributed by atoms with E-state index in [4.69, 9.17) is 14.2 Å². The number of benzene rings is 2. The highest BCUT2D eigenvalue weighted by atomic mass is 16.6. The molecule has 0 amide bonds. The van der Waals surface area contributed by atoms with E-state index in [1.54, 1.807) is 6.92 Å². The van der Waals surface area contributed by atoms with Crippen LogP contribution in [0, 0.1) is 0 Å². The maximum absolute atomic E-state index is 12.0. The molecule has 0 radical (unpaired) electrons. The van der Waals surface area contributed by atoms with Crippen LogP contribution in [0.5, 0.6) is 5.75 Å². The summed E-state index contributed by atoms with van der Waals surface area (Å²) in [6.07, 6.45) is 2.28. The first kappa shape index (κ1) is 21.2. The number of rotatable bonds is 10. The number of para-hydroxylation sites is 1. The standard InChI is InChI=1S/C24H31NO4/c1-3-27-23(24(26)28-4-2)18-19-11-13-21(14-12-19)29-17-16-25-15-7-9-20-8-5-6-10-22(20)25/h5-6,8,10-14,23H,3-4,7,9,15-18H2,1-2H3. The molecule has 29 heavy (non-hydrogen) atoms. The van der Waals surface area contributed by atoms with Crippen molar-refractivity contribution < 1.29 is 19.0 Å². The van der Waals surface area contributed by atoms with Crippen LogP contribution in [0.25, 0.3) is 0 Å². The molecule has 0 aliphatic carbocycles. The first-order valence-corrected chi connectivity index (χ1v) is 10.5. The maximum Gasteiger partial charge on any atom is 0.335 e. The number of nitrogens with zero attached hydrogens (tertiary/aromatic N) is 1. The highest BCUT2D eigenvalue weighted by molar-refractivity contribution is 5.75. The molecule has 1 unspecified atom stereocenters. The highest BCUT2D eigenvalue weighted by Crippen LogP contribution is 2.26. The molecule has 0 saturated carbocycles. The summed E-state index contributed by atoms with van der Waals surface area (Å²) in [5, 5.41) is 0. The van der Waals surface area contributed by atoms with E-state index in [1.807, 2.05) is 31.2 Å². The number of carbonyl (C=O) groups excluding carboxylic acids is 1. The molecule has 1 atom stereocenters. The molecule has 0 spiro atoms. The van der Waals surface area contributed by atoms with E-state index < -0.39 is 6.10 Å². The minimum Gasteiger partial charge on any atom is -0.492 e. The van der Waals surface area contributed by atoms with Gasteiger partial charge in [0, 0.05) is 25.3 Å². The molecule has 5 nitrogen and oxygen atoms in total. The Labute approximate surface area is 173 Å². The molecule has 0 N–H and O–H groups in total. The number of anilines is 1. The number of fused-ring (bicyclic) bond motifs is 1. The van der Waals surface area contributed by atoms with Crippen LogP contribution >= 0.6 is 0 Å². The molecule has 1 aliphatic rings. The first-order chi connectivity index (χ1) is 14.2. The van der Waals surface area contributed by atoms with Crippen LogP contribution in [-0.2, 0) is 27.1 Å². The molecule has 0 fully saturated rings. The quantitative estimate of drug-likeness (QED) is 0.567. The minimum absolute atomic E-state index is 0.309. The molecule has 0 bridgehead atoms. The number of hydrogen-bond acceptors (Lipinski definition) is 5. The fourth-order valence-corrected chi connectivity index (χ4v) is 3.70. The lowest BCUT2D eigenvalue weighted by atomic mass is 10.0. The van der Waals surface area contributed by atoms with Gasteiger partial charge in [0.15, 0.2) is 6.10 Å². The third-order valence-electron chi connectivity index (χ3n) is 5.10. The molecule has 156 valence electrons. The van der Waals surface area contributed by atoms with Crippen molar-refractivity contribution >= 4 is 11.7 Å². The molecule has 1 heterocycles. The van der Waals surface area contributed by atoms with Crippen molar-refractivity contribution in [3.8, 4) is 5.75 Å². The Balaban J connectivity index is 1.50. The second-order valence-corrected chi connectivity index (χ2v) is 7.11. The average Bonchev–Trinajstić information content (AvgIpc) is 2.75. The summed E-state index contributed by atoms with van der Waals surface area (Å²) in [6, 6.07) is 16.5. The maximum atomic E-state index is 12.0. The molecule has 5 heteroatoms. The Kier molecular flexibility index (Phi) is 7.94. The van der Waals surface area contributed by atoms with Crippen molar-refractivity contribution in [3.05, 3.63) is 59.7 Å². The predicted molar refractivity (Wildman–Crippen MR) is 115 cm³/mol. The summed E-state index contributed by atoms with van der Waals surface area (Å²) in [5.41, 5.74) is 3.78. The van der Waals surface area contributed by atoms with Gasteiger partial charge in [-0.25, -0.2) is 4.79 Å². The molecule has 0 aromatic heterocycles. The number of ether oxygens (including phenoxy) is 3. The lowest BCUT2D eigenvalue weighted by Crippen LogP contribution is -2.33. The third-order valence-corrected chi connectivity index (χ3v) is 5.10. The van der Waals surface area contributed by atoms with Gasteiger partial charge < -0.3 is 19.1 Å². The van der Waals surface area contributed by atoms with Crippen molar-refractivity contribution in [3.63, 3.8) is 0 Å². The van der Waals surface area contributed by atoms with Crippen molar-refractivity contribution in [1.82, 2.24) is 0 Å². The van der Waals surface area contributed by atoms with Crippen molar-refractivity contribution in [2.75, 3.05) is 37.8 Å². The second-order valence-electron chi connectivity index (χ2n) is 7.11. The van der Waals surface area contributed by atoms with Gasteiger partial charge in [0.25, 0.3) is 0 Å². The van der Waals surface area contributed by atoms with Gasteiger partial charge in [-0.1, -0.05) is 30.3 Å². The molecular weight excluding hydrogens is 366 g/mol. The number of esters is 1. The Morgan fingerprint density at radius 3 is 2.62 bits per heavy atom. The third kappa shape index (κ3) is 5.97. The minimum atomic E-state index is -0.564. The van der Waals surface area contributed by atoms with Crippen LogP contribution in [0.15, 0.2) is 48.5 Å². The van der Waals surface area contributed by atoms with Crippen molar-refractivity contribution in [2.24, 2.45) is 0 Å². The van der Waals surface area contributed by atoms with E-state index in [0.29, 0.717) is 26.2 Å². The van der Waals surface area contributed by atoms with Crippen LogP contribution in [0.2, 0.25) is 0 Å². The SMILES string of the molecule is CCOC(=O)C(Cc1ccc(OCCN2CCCc3ccccc32)cc1)OCC. The van der Waals surface area contributed by atoms with Gasteiger partial charge in [-0.05, 0) is 56.0 Å². The van der Waals surface area contributed by atoms with Gasteiger partial charge >= 0.3 is 5.97 Å². The van der Waals surface area contributed by atoms with E-state index in [0.717, 1.165) is 30.8 Å². The highest BCUT2D eigenvalue weighted by Gasteiger charge is 2.20. The van der Waals surface area contributed by atoms with Gasteiger partial charge in [-0.15, -0.1) is 0 Å². The van der Waals surface area contributed by atoms with Gasteiger partial charge in [0.1, 0.15) is 12.4 Å². The predicted octanol–water partition coefficient (Wildman–Crippen LogP) is 4.03. The number of aryl methyl sites for hydroxylation is 1. The van der Waals surface area contributed by atoms with Crippen LogP contribution in [0.4, 0.5) is 5.69 Å². The molecule has 3 rings (SSSR count). The van der Waals surface area contributed by atoms with E-state index in [-0.39, 0.29) is 5.97 Å². The summed E-state index contributed by atoms with van der Waals surface area (Å²) < 4.78 is 16.6. The smallest absolute Gasteiger partial charge is 0.335 e. The molecule has 1 aliphatic heterocycles. The number of hydrogen-bond donors (Lipinski definition) is 0. The zero-order chi connectivity index (χ0) is 20.5. The summed E-state index contributed by atoms with van der Waals surface area (Å²) in [6.45, 7) is 7.10. The Bertz CT molecular complexity index is 775. The fraction of sp³-hybridized carbons (Fsp3) is 0.458. The molecule has 2 aromatic carbocycles. The van der Waals surface area contributed by atoms with Gasteiger partial charge in [0.2, 0.25) is 0 Å². The second kappa shape index (κ2) is 10.9. The van der Waals surface area contributed by atoms with Crippen LogP contribution in [0.1, 0.15) is 31.4 Å². The largest absolute Gasteiger partial charge is 0.492 e. The van der Waals surface area contributed by atoms with Crippen LogP contribution < -0.4 is 9.64 Å². The molecular formula is C24H31NO4. The zero-order valence-corrected chi connectivity index (χ0v) is 17.4. The monoisotopic (exact) mass is 397 g/mol. The molecule has 0 saturated heterocycles. The van der Waals surface area contributed by atoms with E-state index in [2.05, 4.69) is 29.2 Å². The van der Waals surface area contributed by atoms with E-state index in [1.165, 1.54) is 17.7 Å². The summed E-state index contributed by atoms with van der Waals surface area (Å²) in [7, 11) is 0.